The minimum Gasteiger partial charge on any atom is -0.388 e. The van der Waals surface area contributed by atoms with Crippen LogP contribution in [0.5, 0.6) is 5.95 Å². The largest absolute Gasteiger partial charge is 0.388 e. The fourth-order valence-corrected chi connectivity index (χ4v) is 8.21. The first-order valence-corrected chi connectivity index (χ1v) is 17.4. The first kappa shape index (κ1) is 30.4. The van der Waals surface area contributed by atoms with E-state index in [-0.39, 0.29) is 16.8 Å². The van der Waals surface area contributed by atoms with Crippen molar-refractivity contribution in [3.8, 4) is 17.1 Å². The highest BCUT2D eigenvalue weighted by Crippen LogP contribution is 2.49. The zero-order chi connectivity index (χ0) is 33.7. The summed E-state index contributed by atoms with van der Waals surface area (Å²) in [6.07, 6.45) is 0. The molecule has 0 unspecified atom stereocenters. The van der Waals surface area contributed by atoms with Crippen molar-refractivity contribution in [2.24, 2.45) is 7.05 Å². The summed E-state index contributed by atoms with van der Waals surface area (Å²) in [5, 5.41) is 3.00. The zero-order valence-corrected chi connectivity index (χ0v) is 27.6. The van der Waals surface area contributed by atoms with Crippen molar-refractivity contribution >= 4 is 42.6 Å². The number of nitrogens with zero attached hydrogens (tertiary/aromatic N) is 1. The van der Waals surface area contributed by atoms with Gasteiger partial charge in [-0.15, -0.1) is 0 Å². The first-order valence-electron chi connectivity index (χ1n) is 16.0. The second-order valence-electron chi connectivity index (χ2n) is 12.2. The molecule has 0 aliphatic rings. The van der Waals surface area contributed by atoms with Crippen molar-refractivity contribution < 1.29 is 17.0 Å². The Morgan fingerprint density at radius 1 is 0.633 bits per heavy atom. The summed E-state index contributed by atoms with van der Waals surface area (Å²) in [4.78, 5) is 13.5. The molecule has 0 amide bonds. The average Bonchev–Trinajstić information content (AvgIpc) is 3.41. The second kappa shape index (κ2) is 12.0. The summed E-state index contributed by atoms with van der Waals surface area (Å²) in [6, 6.07) is 45.8. The van der Waals surface area contributed by atoms with Crippen LogP contribution in [0.2, 0.25) is 0 Å². The standard InChI is InChI=1S/C42H31NO5S/c1-27-15-13-25-34-36(27)39(40(43(34)2)37(29-17-5-3-6-18-29)30-19-7-4-8-20-30)38-32-23-11-12-24-33(32)41(44)47-42(38)48-49(45,46)35-26-14-21-28-16-9-10-22-31(28)35/h3-26,37H,1-2H3. The van der Waals surface area contributed by atoms with Crippen LogP contribution in [0, 0.1) is 6.92 Å². The Morgan fingerprint density at radius 3 is 1.90 bits per heavy atom. The Bertz CT molecular complexity index is 2650. The molecule has 0 aliphatic heterocycles. The van der Waals surface area contributed by atoms with Gasteiger partial charge in [-0.3, -0.25) is 0 Å². The lowest BCUT2D eigenvalue weighted by atomic mass is 9.84. The number of hydrogen-bond acceptors (Lipinski definition) is 5. The molecule has 8 aromatic rings. The van der Waals surface area contributed by atoms with Crippen LogP contribution in [0.15, 0.2) is 160 Å². The minimum absolute atomic E-state index is 0.0203. The molecule has 6 aromatic carbocycles. The fourth-order valence-electron chi connectivity index (χ4n) is 7.11. The van der Waals surface area contributed by atoms with E-state index in [1.165, 1.54) is 6.07 Å². The van der Waals surface area contributed by atoms with Gasteiger partial charge in [0.2, 0.25) is 0 Å². The lowest BCUT2D eigenvalue weighted by Gasteiger charge is -2.23. The molecule has 0 fully saturated rings. The maximum Gasteiger partial charge on any atom is 0.346 e. The third-order valence-electron chi connectivity index (χ3n) is 9.28. The molecule has 0 saturated heterocycles. The fraction of sp³-hybridized carbons (Fsp3) is 0.0714. The van der Waals surface area contributed by atoms with Gasteiger partial charge < -0.3 is 13.2 Å². The van der Waals surface area contributed by atoms with Gasteiger partial charge in [-0.2, -0.15) is 8.42 Å². The number of aryl methyl sites for hydroxylation is 2. The van der Waals surface area contributed by atoms with E-state index in [1.54, 1.807) is 30.3 Å². The molecule has 0 N–H and O–H groups in total. The predicted molar refractivity (Wildman–Crippen MR) is 195 cm³/mol. The highest BCUT2D eigenvalue weighted by Gasteiger charge is 2.33. The monoisotopic (exact) mass is 661 g/mol. The van der Waals surface area contributed by atoms with Crippen molar-refractivity contribution in [3.63, 3.8) is 0 Å². The van der Waals surface area contributed by atoms with Gasteiger partial charge in [0.1, 0.15) is 4.90 Å². The van der Waals surface area contributed by atoms with E-state index in [4.69, 9.17) is 8.60 Å². The Labute approximate surface area is 283 Å². The van der Waals surface area contributed by atoms with E-state index >= 15 is 0 Å². The lowest BCUT2D eigenvalue weighted by Crippen LogP contribution is -2.14. The van der Waals surface area contributed by atoms with Crippen LogP contribution >= 0.6 is 0 Å². The number of aromatic nitrogens is 1. The van der Waals surface area contributed by atoms with Crippen LogP contribution < -0.4 is 9.81 Å². The smallest absolute Gasteiger partial charge is 0.346 e. The van der Waals surface area contributed by atoms with E-state index in [0.29, 0.717) is 21.7 Å². The molecule has 6 nitrogen and oxygen atoms in total. The highest BCUT2D eigenvalue weighted by molar-refractivity contribution is 7.87. The molecule has 2 aromatic heterocycles. The first-order chi connectivity index (χ1) is 23.8. The normalized spacial score (nSPS) is 11.9. The number of rotatable bonds is 7. The van der Waals surface area contributed by atoms with Gasteiger partial charge in [-0.05, 0) is 47.2 Å². The van der Waals surface area contributed by atoms with Gasteiger partial charge in [0.15, 0.2) is 0 Å². The molecule has 0 aliphatic carbocycles. The van der Waals surface area contributed by atoms with Gasteiger partial charge in [0.25, 0.3) is 0 Å². The van der Waals surface area contributed by atoms with Gasteiger partial charge >= 0.3 is 21.7 Å². The summed E-state index contributed by atoms with van der Waals surface area (Å²) in [5.41, 5.74) is 5.35. The maximum atomic E-state index is 14.3. The summed E-state index contributed by atoms with van der Waals surface area (Å²) in [7, 11) is -2.47. The van der Waals surface area contributed by atoms with Crippen molar-refractivity contribution in [1.82, 2.24) is 4.57 Å². The zero-order valence-electron chi connectivity index (χ0n) is 26.8. The summed E-state index contributed by atoms with van der Waals surface area (Å²) in [5.74, 6) is -0.657. The van der Waals surface area contributed by atoms with Crippen LogP contribution in [0.3, 0.4) is 0 Å². The highest BCUT2D eigenvalue weighted by atomic mass is 32.2. The molecule has 0 saturated carbocycles. The van der Waals surface area contributed by atoms with Gasteiger partial charge in [0, 0.05) is 45.9 Å². The molecule has 240 valence electrons. The minimum atomic E-state index is -4.49. The van der Waals surface area contributed by atoms with E-state index < -0.39 is 15.7 Å². The lowest BCUT2D eigenvalue weighted by molar-refractivity contribution is 0.364. The van der Waals surface area contributed by atoms with Crippen molar-refractivity contribution in [2.45, 2.75) is 17.7 Å². The van der Waals surface area contributed by atoms with Crippen LogP contribution in [0.4, 0.5) is 0 Å². The molecule has 2 heterocycles. The molecule has 7 heteroatoms. The van der Waals surface area contributed by atoms with Crippen molar-refractivity contribution in [3.05, 3.63) is 178 Å². The molecule has 0 atom stereocenters. The van der Waals surface area contributed by atoms with Gasteiger partial charge in [-0.1, -0.05) is 127 Å². The Hall–Kier alpha value is -5.92. The topological polar surface area (TPSA) is 78.5 Å². The van der Waals surface area contributed by atoms with E-state index in [9.17, 15) is 13.2 Å². The Balaban J connectivity index is 1.50. The van der Waals surface area contributed by atoms with E-state index in [1.807, 2.05) is 92.8 Å². The molecule has 0 bridgehead atoms. The average molecular weight is 662 g/mol. The summed E-state index contributed by atoms with van der Waals surface area (Å²) in [6.45, 7) is 2.03. The predicted octanol–water partition coefficient (Wildman–Crippen LogP) is 9.36. The third-order valence-corrected chi connectivity index (χ3v) is 10.5. The van der Waals surface area contributed by atoms with E-state index in [2.05, 4.69) is 34.9 Å². The number of fused-ring (bicyclic) bond motifs is 3. The van der Waals surface area contributed by atoms with Crippen molar-refractivity contribution in [2.75, 3.05) is 0 Å². The molecular weight excluding hydrogens is 631 g/mol. The van der Waals surface area contributed by atoms with Crippen molar-refractivity contribution in [1.29, 1.82) is 0 Å². The molecule has 8 rings (SSSR count). The van der Waals surface area contributed by atoms with Crippen LogP contribution in [0.25, 0.3) is 43.6 Å². The quantitative estimate of drug-likeness (QED) is 0.159. The van der Waals surface area contributed by atoms with E-state index in [0.717, 1.165) is 44.2 Å². The van der Waals surface area contributed by atoms with Crippen LogP contribution in [-0.4, -0.2) is 13.0 Å². The third kappa shape index (κ3) is 5.10. The Kier molecular flexibility index (Phi) is 7.42. The molecular formula is C42H31NO5S. The number of benzene rings is 6. The molecule has 0 spiro atoms. The second-order valence-corrected chi connectivity index (χ2v) is 13.7. The maximum absolute atomic E-state index is 14.3. The summed E-state index contributed by atoms with van der Waals surface area (Å²) < 4.78 is 42.6. The van der Waals surface area contributed by atoms with Gasteiger partial charge in [0.05, 0.1) is 10.9 Å². The van der Waals surface area contributed by atoms with Gasteiger partial charge in [-0.25, -0.2) is 4.79 Å². The summed E-state index contributed by atoms with van der Waals surface area (Å²) >= 11 is 0. The van der Waals surface area contributed by atoms with Crippen LogP contribution in [-0.2, 0) is 17.2 Å². The Morgan fingerprint density at radius 2 is 1.20 bits per heavy atom. The SMILES string of the molecule is Cc1cccc2c1c(-c1c(OS(=O)(=O)c3cccc4ccccc34)oc(=O)c3ccccc13)c(C(c1ccccc1)c1ccccc1)n2C. The van der Waals surface area contributed by atoms with Crippen LogP contribution in [0.1, 0.15) is 28.3 Å². The molecule has 49 heavy (non-hydrogen) atoms. The molecule has 0 radical (unpaired) electrons. The number of hydrogen-bond donors (Lipinski definition) is 0.